The number of nitrogens with two attached hydrogens (primary N) is 1. The molecule has 0 saturated carbocycles. The Morgan fingerprint density at radius 3 is 2.57 bits per heavy atom. The normalized spacial score (nSPS) is 11.7. The molecule has 0 spiro atoms. The second-order valence-electron chi connectivity index (χ2n) is 5.14. The Hall–Kier alpha value is -2.83. The zero-order valence-corrected chi connectivity index (χ0v) is 12.2. The minimum atomic E-state index is -4.37. The third-order valence-electron chi connectivity index (χ3n) is 3.51. The van der Waals surface area contributed by atoms with E-state index in [0.29, 0.717) is 22.8 Å². The molecule has 0 amide bonds. The molecular weight excluding hydrogens is 305 g/mol. The molecule has 118 valence electrons. The van der Waals surface area contributed by atoms with Crippen molar-refractivity contribution in [1.82, 2.24) is 14.5 Å². The van der Waals surface area contributed by atoms with Crippen LogP contribution in [0.1, 0.15) is 11.1 Å². The second-order valence-corrected chi connectivity index (χ2v) is 5.14. The topological polar surface area (TPSA) is 56.7 Å². The minimum absolute atomic E-state index is 0.320. The summed E-state index contributed by atoms with van der Waals surface area (Å²) in [4.78, 5) is 7.90. The summed E-state index contributed by atoms with van der Waals surface area (Å²) >= 11 is 0. The third-order valence-corrected chi connectivity index (χ3v) is 3.51. The van der Waals surface area contributed by atoms with Gasteiger partial charge in [-0.15, -0.1) is 0 Å². The van der Waals surface area contributed by atoms with Gasteiger partial charge >= 0.3 is 6.18 Å². The molecular formula is C16H13F3N4. The lowest BCUT2D eigenvalue weighted by atomic mass is 10.00. The molecule has 0 aliphatic heterocycles. The summed E-state index contributed by atoms with van der Waals surface area (Å²) in [6.45, 7) is 1.77. The number of aromatic nitrogens is 3. The number of alkyl halides is 3. The zero-order valence-electron chi connectivity index (χ0n) is 12.2. The maximum atomic E-state index is 12.9. The fourth-order valence-corrected chi connectivity index (χ4v) is 2.31. The Morgan fingerprint density at radius 2 is 1.87 bits per heavy atom. The molecule has 0 aliphatic rings. The van der Waals surface area contributed by atoms with E-state index in [0.717, 1.165) is 17.7 Å². The first-order valence-corrected chi connectivity index (χ1v) is 6.79. The van der Waals surface area contributed by atoms with Gasteiger partial charge in [-0.05, 0) is 36.2 Å². The first-order chi connectivity index (χ1) is 10.8. The predicted molar refractivity (Wildman–Crippen MR) is 80.9 cm³/mol. The van der Waals surface area contributed by atoms with E-state index in [1.165, 1.54) is 12.4 Å². The molecule has 7 heteroatoms. The van der Waals surface area contributed by atoms with Gasteiger partial charge in [-0.25, -0.2) is 9.97 Å². The second kappa shape index (κ2) is 5.42. The van der Waals surface area contributed by atoms with Crippen molar-refractivity contribution >= 4 is 5.82 Å². The van der Waals surface area contributed by atoms with Gasteiger partial charge in [-0.1, -0.05) is 6.07 Å². The number of halogens is 3. The van der Waals surface area contributed by atoms with Crippen LogP contribution < -0.4 is 5.73 Å². The highest BCUT2D eigenvalue weighted by atomic mass is 19.4. The van der Waals surface area contributed by atoms with Crippen molar-refractivity contribution in [2.75, 3.05) is 5.73 Å². The number of hydrogen-bond acceptors (Lipinski definition) is 3. The Labute approximate surface area is 130 Å². The number of rotatable bonds is 2. The fraction of sp³-hybridized carbons (Fsp3) is 0.125. The molecule has 23 heavy (non-hydrogen) atoms. The smallest absolute Gasteiger partial charge is 0.384 e. The van der Waals surface area contributed by atoms with Gasteiger partial charge in [0.05, 0.1) is 5.56 Å². The molecule has 2 N–H and O–H groups in total. The highest BCUT2D eigenvalue weighted by Gasteiger charge is 2.30. The van der Waals surface area contributed by atoms with Crippen LogP contribution in [-0.2, 0) is 6.18 Å². The summed E-state index contributed by atoms with van der Waals surface area (Å²) in [5, 5.41) is 0. The summed E-state index contributed by atoms with van der Waals surface area (Å²) < 4.78 is 40.4. The van der Waals surface area contributed by atoms with E-state index in [9.17, 15) is 13.2 Å². The lowest BCUT2D eigenvalue weighted by Crippen LogP contribution is -2.05. The molecule has 0 fully saturated rings. The highest BCUT2D eigenvalue weighted by molar-refractivity contribution is 5.68. The van der Waals surface area contributed by atoms with Crippen LogP contribution >= 0.6 is 0 Å². The van der Waals surface area contributed by atoms with Crippen molar-refractivity contribution in [2.45, 2.75) is 13.1 Å². The van der Waals surface area contributed by atoms with E-state index in [-0.39, 0.29) is 0 Å². The molecule has 0 saturated heterocycles. The molecule has 3 aromatic rings. The Kier molecular flexibility index (Phi) is 3.55. The predicted octanol–water partition coefficient (Wildman–Crippen LogP) is 3.84. The summed E-state index contributed by atoms with van der Waals surface area (Å²) in [7, 11) is 0. The number of hydrogen-bond donors (Lipinski definition) is 1. The minimum Gasteiger partial charge on any atom is -0.384 e. The van der Waals surface area contributed by atoms with E-state index < -0.39 is 11.7 Å². The molecule has 2 heterocycles. The van der Waals surface area contributed by atoms with Crippen molar-refractivity contribution in [3.8, 4) is 16.9 Å². The van der Waals surface area contributed by atoms with E-state index in [1.807, 2.05) is 0 Å². The molecule has 3 rings (SSSR count). The third kappa shape index (κ3) is 3.03. The van der Waals surface area contributed by atoms with Gasteiger partial charge in [0.25, 0.3) is 0 Å². The van der Waals surface area contributed by atoms with Crippen LogP contribution in [-0.4, -0.2) is 14.5 Å². The SMILES string of the molecule is Cc1ccc(C(F)(F)F)cc1-c1ccn(-c2cc(N)ncn2)c1. The van der Waals surface area contributed by atoms with Gasteiger partial charge < -0.3 is 10.3 Å². The molecule has 0 aliphatic carbocycles. The van der Waals surface area contributed by atoms with Gasteiger partial charge in [-0.2, -0.15) is 13.2 Å². The average molecular weight is 318 g/mol. The number of anilines is 1. The quantitative estimate of drug-likeness (QED) is 0.781. The Balaban J connectivity index is 2.04. The van der Waals surface area contributed by atoms with Gasteiger partial charge in [0.15, 0.2) is 0 Å². The Bertz CT molecular complexity index is 853. The van der Waals surface area contributed by atoms with Crippen molar-refractivity contribution in [1.29, 1.82) is 0 Å². The summed E-state index contributed by atoms with van der Waals surface area (Å²) in [5.41, 5.74) is 6.91. The number of nitrogens with zero attached hydrogens (tertiary/aromatic N) is 3. The molecule has 4 nitrogen and oxygen atoms in total. The van der Waals surface area contributed by atoms with Gasteiger partial charge in [-0.3, -0.25) is 0 Å². The van der Waals surface area contributed by atoms with Crippen molar-refractivity contribution in [3.05, 3.63) is 60.2 Å². The molecule has 0 radical (unpaired) electrons. The van der Waals surface area contributed by atoms with Gasteiger partial charge in [0, 0.05) is 24.0 Å². The van der Waals surface area contributed by atoms with Gasteiger partial charge in [0.2, 0.25) is 0 Å². The monoisotopic (exact) mass is 318 g/mol. The van der Waals surface area contributed by atoms with E-state index in [1.54, 1.807) is 36.0 Å². The Morgan fingerprint density at radius 1 is 1.09 bits per heavy atom. The number of aryl methyl sites for hydroxylation is 1. The van der Waals surface area contributed by atoms with Crippen LogP contribution in [0.3, 0.4) is 0 Å². The van der Waals surface area contributed by atoms with Crippen molar-refractivity contribution in [2.24, 2.45) is 0 Å². The lowest BCUT2D eigenvalue weighted by molar-refractivity contribution is -0.137. The van der Waals surface area contributed by atoms with Gasteiger partial charge in [0.1, 0.15) is 18.0 Å². The first kappa shape index (κ1) is 15.1. The van der Waals surface area contributed by atoms with E-state index in [4.69, 9.17) is 5.73 Å². The maximum Gasteiger partial charge on any atom is 0.416 e. The lowest BCUT2D eigenvalue weighted by Gasteiger charge is -2.10. The molecule has 0 bridgehead atoms. The van der Waals surface area contributed by atoms with Crippen LogP contribution in [0, 0.1) is 6.92 Å². The van der Waals surface area contributed by atoms with E-state index in [2.05, 4.69) is 9.97 Å². The highest BCUT2D eigenvalue weighted by Crippen LogP contribution is 2.34. The first-order valence-electron chi connectivity index (χ1n) is 6.79. The van der Waals surface area contributed by atoms with Crippen LogP contribution in [0.4, 0.5) is 19.0 Å². The van der Waals surface area contributed by atoms with Crippen LogP contribution in [0.2, 0.25) is 0 Å². The van der Waals surface area contributed by atoms with Crippen LogP contribution in [0.25, 0.3) is 16.9 Å². The molecule has 0 atom stereocenters. The maximum absolute atomic E-state index is 12.9. The van der Waals surface area contributed by atoms with E-state index >= 15 is 0 Å². The standard InChI is InChI=1S/C16H13F3N4/c1-10-2-3-12(16(17,18)19)6-13(10)11-4-5-23(8-11)15-7-14(20)21-9-22-15/h2-9H,1H3,(H2,20,21,22). The van der Waals surface area contributed by atoms with Crippen molar-refractivity contribution < 1.29 is 13.2 Å². The molecule has 0 unspecified atom stereocenters. The summed E-state index contributed by atoms with van der Waals surface area (Å²) in [6.07, 6.45) is 0.396. The summed E-state index contributed by atoms with van der Waals surface area (Å²) in [5.74, 6) is 0.869. The molecule has 1 aromatic carbocycles. The number of nitrogen functional groups attached to an aromatic ring is 1. The molecule has 2 aromatic heterocycles. The van der Waals surface area contributed by atoms with Crippen molar-refractivity contribution in [3.63, 3.8) is 0 Å². The van der Waals surface area contributed by atoms with Crippen LogP contribution in [0.5, 0.6) is 0 Å². The number of benzene rings is 1. The largest absolute Gasteiger partial charge is 0.416 e. The summed E-state index contributed by atoms with van der Waals surface area (Å²) in [6, 6.07) is 7.03. The van der Waals surface area contributed by atoms with Crippen LogP contribution in [0.15, 0.2) is 49.1 Å². The average Bonchev–Trinajstić information content (AvgIpc) is 2.96. The fourth-order valence-electron chi connectivity index (χ4n) is 2.31. The zero-order chi connectivity index (χ0) is 16.6.